The molecule has 0 amide bonds. The van der Waals surface area contributed by atoms with Gasteiger partial charge in [0.05, 0.1) is 25.3 Å². The monoisotopic (exact) mass is 270 g/mol. The highest BCUT2D eigenvalue weighted by Crippen LogP contribution is 2.38. The number of hydrogen-bond donors (Lipinski definition) is 1. The Kier molecular flexibility index (Phi) is 5.51. The van der Waals surface area contributed by atoms with Crippen molar-refractivity contribution >= 4 is 11.6 Å². The third-order valence-corrected chi connectivity index (χ3v) is 3.10. The van der Waals surface area contributed by atoms with Gasteiger partial charge in [-0.25, -0.2) is 0 Å². The molecule has 0 radical (unpaired) electrons. The summed E-state index contributed by atoms with van der Waals surface area (Å²) in [6.07, 6.45) is 0.732. The maximum absolute atomic E-state index is 10.1. The molecule has 0 bridgehead atoms. The van der Waals surface area contributed by atoms with E-state index in [4.69, 9.17) is 21.1 Å². The van der Waals surface area contributed by atoms with Crippen LogP contribution in [-0.2, 0) is 0 Å². The van der Waals surface area contributed by atoms with Gasteiger partial charge in [-0.1, -0.05) is 30.7 Å². The van der Waals surface area contributed by atoms with Gasteiger partial charge in [0.2, 0.25) is 0 Å². The number of hydrogen-bond acceptors (Lipinski definition) is 3. The maximum atomic E-state index is 10.1. The zero-order valence-corrected chi connectivity index (χ0v) is 11.8. The number of benzene rings is 1. The van der Waals surface area contributed by atoms with Crippen LogP contribution in [0.15, 0.2) is 24.3 Å². The van der Waals surface area contributed by atoms with Crippen LogP contribution in [0.25, 0.3) is 0 Å². The van der Waals surface area contributed by atoms with E-state index < -0.39 is 6.10 Å². The molecule has 1 rings (SSSR count). The third kappa shape index (κ3) is 3.40. The molecule has 100 valence electrons. The van der Waals surface area contributed by atoms with E-state index in [2.05, 4.69) is 6.58 Å². The van der Waals surface area contributed by atoms with Crippen LogP contribution in [-0.4, -0.2) is 19.3 Å². The second-order valence-corrected chi connectivity index (χ2v) is 4.47. The molecule has 0 saturated carbocycles. The highest BCUT2D eigenvalue weighted by molar-refractivity contribution is 6.32. The van der Waals surface area contributed by atoms with Crippen LogP contribution >= 0.6 is 11.6 Å². The molecule has 0 aliphatic heterocycles. The largest absolute Gasteiger partial charge is 0.493 e. The molecule has 0 aliphatic carbocycles. The summed E-state index contributed by atoms with van der Waals surface area (Å²) in [5.74, 6) is 0.991. The summed E-state index contributed by atoms with van der Waals surface area (Å²) in [6, 6.07) is 3.43. The van der Waals surface area contributed by atoms with Crippen LogP contribution in [0.3, 0.4) is 0 Å². The average Bonchev–Trinajstić information content (AvgIpc) is 2.37. The van der Waals surface area contributed by atoms with Gasteiger partial charge in [-0.2, -0.15) is 0 Å². The lowest BCUT2D eigenvalue weighted by molar-refractivity contribution is 0.177. The van der Waals surface area contributed by atoms with Crippen LogP contribution < -0.4 is 9.47 Å². The van der Waals surface area contributed by atoms with Crippen molar-refractivity contribution in [2.24, 2.45) is 0 Å². The van der Waals surface area contributed by atoms with Gasteiger partial charge in [-0.15, -0.1) is 0 Å². The second kappa shape index (κ2) is 6.66. The number of methoxy groups -OCH3 is 2. The van der Waals surface area contributed by atoms with E-state index in [1.807, 2.05) is 6.92 Å². The Bertz CT molecular complexity index is 429. The molecule has 0 saturated heterocycles. The van der Waals surface area contributed by atoms with Gasteiger partial charge in [-0.3, -0.25) is 0 Å². The van der Waals surface area contributed by atoms with Gasteiger partial charge in [0, 0.05) is 0 Å². The molecule has 3 nitrogen and oxygen atoms in total. The molecule has 1 aromatic rings. The van der Waals surface area contributed by atoms with E-state index in [0.717, 1.165) is 12.0 Å². The fourth-order valence-corrected chi connectivity index (χ4v) is 1.96. The first-order valence-corrected chi connectivity index (χ1v) is 6.17. The summed E-state index contributed by atoms with van der Waals surface area (Å²) in [6.45, 7) is 5.90. The van der Waals surface area contributed by atoms with E-state index in [9.17, 15) is 5.11 Å². The average molecular weight is 271 g/mol. The van der Waals surface area contributed by atoms with E-state index >= 15 is 0 Å². The van der Waals surface area contributed by atoms with Crippen molar-refractivity contribution in [2.75, 3.05) is 14.2 Å². The van der Waals surface area contributed by atoms with Crippen molar-refractivity contribution in [3.05, 3.63) is 34.9 Å². The molecule has 0 heterocycles. The zero-order chi connectivity index (χ0) is 13.7. The normalized spacial score (nSPS) is 12.1. The minimum Gasteiger partial charge on any atom is -0.493 e. The van der Waals surface area contributed by atoms with Crippen LogP contribution in [0, 0.1) is 0 Å². The summed E-state index contributed by atoms with van der Waals surface area (Å²) in [7, 11) is 3.06. The van der Waals surface area contributed by atoms with E-state index in [-0.39, 0.29) is 0 Å². The molecule has 1 N–H and O–H groups in total. The Morgan fingerprint density at radius 2 is 2.06 bits per heavy atom. The predicted octanol–water partition coefficient (Wildman–Crippen LogP) is 3.75. The smallest absolute Gasteiger partial charge is 0.179 e. The van der Waals surface area contributed by atoms with Crippen LogP contribution in [0.4, 0.5) is 0 Å². The molecule has 0 aromatic heterocycles. The van der Waals surface area contributed by atoms with Crippen molar-refractivity contribution in [3.8, 4) is 11.5 Å². The zero-order valence-electron chi connectivity index (χ0n) is 11.0. The standard InChI is InChI=1S/C14H19ClO3/c1-5-9(2)6-12(16)10-7-11(15)14(18-4)13(8-10)17-3/h7-8,12,16H,2,5-6H2,1,3-4H3. The van der Waals surface area contributed by atoms with E-state index in [1.165, 1.54) is 14.2 Å². The third-order valence-electron chi connectivity index (χ3n) is 2.82. The molecule has 1 atom stereocenters. The van der Waals surface area contributed by atoms with Gasteiger partial charge in [0.1, 0.15) is 0 Å². The number of aliphatic hydroxyl groups excluding tert-OH is 1. The summed E-state index contributed by atoms with van der Waals surface area (Å²) in [5.41, 5.74) is 1.70. The Balaban J connectivity index is 3.03. The van der Waals surface area contributed by atoms with Crippen molar-refractivity contribution in [1.82, 2.24) is 0 Å². The lowest BCUT2D eigenvalue weighted by atomic mass is 10.0. The predicted molar refractivity (Wildman–Crippen MR) is 73.6 cm³/mol. The topological polar surface area (TPSA) is 38.7 Å². The van der Waals surface area contributed by atoms with Crippen molar-refractivity contribution in [2.45, 2.75) is 25.9 Å². The van der Waals surface area contributed by atoms with Gasteiger partial charge >= 0.3 is 0 Å². The van der Waals surface area contributed by atoms with Gasteiger partial charge in [-0.05, 0) is 30.5 Å². The van der Waals surface area contributed by atoms with Crippen LogP contribution in [0.2, 0.25) is 5.02 Å². The summed E-state index contributed by atoms with van der Waals surface area (Å²) in [4.78, 5) is 0. The lowest BCUT2D eigenvalue weighted by Gasteiger charge is -2.16. The Morgan fingerprint density at radius 1 is 1.39 bits per heavy atom. The molecule has 4 heteroatoms. The molecule has 0 fully saturated rings. The highest BCUT2D eigenvalue weighted by atomic mass is 35.5. The van der Waals surface area contributed by atoms with Gasteiger partial charge < -0.3 is 14.6 Å². The number of ether oxygens (including phenoxy) is 2. The molecule has 1 aromatic carbocycles. The molecular formula is C14H19ClO3. The van der Waals surface area contributed by atoms with Gasteiger partial charge in [0.15, 0.2) is 11.5 Å². The Hall–Kier alpha value is -1.19. The Morgan fingerprint density at radius 3 is 2.56 bits per heavy atom. The molecule has 0 spiro atoms. The van der Waals surface area contributed by atoms with Crippen LogP contribution in [0.1, 0.15) is 31.4 Å². The lowest BCUT2D eigenvalue weighted by Crippen LogP contribution is -2.01. The summed E-state index contributed by atoms with van der Waals surface area (Å²) < 4.78 is 10.3. The quantitative estimate of drug-likeness (QED) is 0.800. The SMILES string of the molecule is C=C(CC)CC(O)c1cc(Cl)c(OC)c(OC)c1. The molecule has 18 heavy (non-hydrogen) atoms. The maximum Gasteiger partial charge on any atom is 0.179 e. The van der Waals surface area contributed by atoms with Crippen molar-refractivity contribution in [1.29, 1.82) is 0 Å². The Labute approximate surface area is 113 Å². The van der Waals surface area contributed by atoms with Crippen molar-refractivity contribution < 1.29 is 14.6 Å². The summed E-state index contributed by atoms with van der Waals surface area (Å²) >= 11 is 6.09. The van der Waals surface area contributed by atoms with Gasteiger partial charge in [0.25, 0.3) is 0 Å². The molecule has 0 aliphatic rings. The summed E-state index contributed by atoms with van der Waals surface area (Å²) in [5, 5.41) is 10.5. The van der Waals surface area contributed by atoms with E-state index in [1.54, 1.807) is 12.1 Å². The number of aliphatic hydroxyl groups is 1. The van der Waals surface area contributed by atoms with Crippen molar-refractivity contribution in [3.63, 3.8) is 0 Å². The molecular weight excluding hydrogens is 252 g/mol. The molecule has 1 unspecified atom stereocenters. The minimum atomic E-state index is -0.630. The fraction of sp³-hybridized carbons (Fsp3) is 0.429. The van der Waals surface area contributed by atoms with Crippen LogP contribution in [0.5, 0.6) is 11.5 Å². The first-order valence-electron chi connectivity index (χ1n) is 5.79. The van der Waals surface area contributed by atoms with E-state index in [0.29, 0.717) is 28.5 Å². The fourth-order valence-electron chi connectivity index (χ4n) is 1.67. The number of rotatable bonds is 6. The highest BCUT2D eigenvalue weighted by Gasteiger charge is 2.16. The minimum absolute atomic E-state index is 0.424. The second-order valence-electron chi connectivity index (χ2n) is 4.06. The number of halogens is 1. The first kappa shape index (κ1) is 14.9. The first-order chi connectivity index (χ1) is 8.53.